The summed E-state index contributed by atoms with van der Waals surface area (Å²) in [6.07, 6.45) is 1.37. The Labute approximate surface area is 142 Å². The van der Waals surface area contributed by atoms with Crippen LogP contribution in [0.15, 0.2) is 41.4 Å². The summed E-state index contributed by atoms with van der Waals surface area (Å²) in [4.78, 5) is 12.2. The van der Waals surface area contributed by atoms with Gasteiger partial charge in [-0.25, -0.2) is 17.9 Å². The molecule has 0 unspecified atom stereocenters. The van der Waals surface area contributed by atoms with Crippen LogP contribution < -0.4 is 4.72 Å². The van der Waals surface area contributed by atoms with Gasteiger partial charge in [-0.3, -0.25) is 0 Å². The number of benzene rings is 1. The lowest BCUT2D eigenvalue weighted by atomic mass is 10.0. The van der Waals surface area contributed by atoms with Crippen molar-refractivity contribution in [2.45, 2.75) is 31.3 Å². The highest BCUT2D eigenvalue weighted by Crippen LogP contribution is 2.17. The number of nitrogens with one attached hydrogen (secondary N) is 1. The molecule has 0 aliphatic carbocycles. The molecular weight excluding hydrogens is 328 g/mol. The van der Waals surface area contributed by atoms with Crippen molar-refractivity contribution in [1.82, 2.24) is 9.29 Å². The van der Waals surface area contributed by atoms with Crippen LogP contribution in [0, 0.1) is 0 Å². The number of sulfonamides is 1. The third-order valence-corrected chi connectivity index (χ3v) is 5.17. The molecule has 0 radical (unpaired) electrons. The minimum atomic E-state index is -3.59. The van der Waals surface area contributed by atoms with Gasteiger partial charge in [-0.1, -0.05) is 38.1 Å². The largest absolute Gasteiger partial charge is 0.456 e. The minimum Gasteiger partial charge on any atom is -0.456 e. The van der Waals surface area contributed by atoms with E-state index in [2.05, 4.69) is 18.6 Å². The first-order valence-corrected chi connectivity index (χ1v) is 9.09. The third kappa shape index (κ3) is 4.04. The first-order valence-electron chi connectivity index (χ1n) is 7.60. The number of hydrogen-bond donors (Lipinski definition) is 1. The smallest absolute Gasteiger partial charge is 0.355 e. The second-order valence-electron chi connectivity index (χ2n) is 5.85. The van der Waals surface area contributed by atoms with E-state index in [0.717, 1.165) is 5.56 Å². The topological polar surface area (TPSA) is 77.4 Å². The van der Waals surface area contributed by atoms with Crippen molar-refractivity contribution in [2.75, 3.05) is 7.05 Å². The van der Waals surface area contributed by atoms with Crippen molar-refractivity contribution in [3.05, 3.63) is 53.3 Å². The van der Waals surface area contributed by atoms with Crippen molar-refractivity contribution in [2.24, 2.45) is 7.05 Å². The summed E-state index contributed by atoms with van der Waals surface area (Å²) in [5, 5.41) is 0. The van der Waals surface area contributed by atoms with Crippen LogP contribution in [0.1, 0.15) is 41.4 Å². The lowest BCUT2D eigenvalue weighted by Crippen LogP contribution is -2.17. The molecular formula is C17H22N2O4S. The van der Waals surface area contributed by atoms with Crippen LogP contribution in [0.5, 0.6) is 0 Å². The number of carbonyl (C=O) groups excluding carboxylic acids is 1. The zero-order valence-electron chi connectivity index (χ0n) is 14.2. The predicted molar refractivity (Wildman–Crippen MR) is 91.3 cm³/mol. The highest BCUT2D eigenvalue weighted by Gasteiger charge is 2.20. The fraction of sp³-hybridized carbons (Fsp3) is 0.353. The molecule has 0 spiro atoms. The minimum absolute atomic E-state index is 0.0285. The van der Waals surface area contributed by atoms with E-state index in [1.54, 1.807) is 7.05 Å². The molecule has 0 fully saturated rings. The molecule has 2 rings (SSSR count). The second-order valence-corrected chi connectivity index (χ2v) is 7.74. The molecule has 0 saturated carbocycles. The van der Waals surface area contributed by atoms with Crippen molar-refractivity contribution >= 4 is 16.0 Å². The van der Waals surface area contributed by atoms with E-state index in [1.165, 1.54) is 29.4 Å². The van der Waals surface area contributed by atoms with Gasteiger partial charge in [0.05, 0.1) is 0 Å². The van der Waals surface area contributed by atoms with Gasteiger partial charge < -0.3 is 9.30 Å². The molecule has 24 heavy (non-hydrogen) atoms. The summed E-state index contributed by atoms with van der Waals surface area (Å²) >= 11 is 0. The molecule has 0 bridgehead atoms. The van der Waals surface area contributed by atoms with Crippen molar-refractivity contribution in [3.8, 4) is 0 Å². The van der Waals surface area contributed by atoms with Gasteiger partial charge in [0, 0.05) is 13.2 Å². The summed E-state index contributed by atoms with van der Waals surface area (Å²) < 4.78 is 32.5. The average molecular weight is 350 g/mol. The Hall–Kier alpha value is -2.12. The monoisotopic (exact) mass is 350 g/mol. The molecule has 0 amide bonds. The SMILES string of the molecule is CNS(=O)(=O)c1cc(C(=O)OCc2ccc(C(C)C)cc2)n(C)c1. The summed E-state index contributed by atoms with van der Waals surface area (Å²) in [5.74, 6) is -0.125. The van der Waals surface area contributed by atoms with E-state index in [9.17, 15) is 13.2 Å². The van der Waals surface area contributed by atoms with E-state index in [1.807, 2.05) is 24.3 Å². The Kier molecular flexibility index (Phi) is 5.46. The standard InChI is InChI=1S/C17H22N2O4S/c1-12(2)14-7-5-13(6-8-14)11-23-17(20)16-9-15(10-19(16)4)24(21,22)18-3/h5-10,12,18H,11H2,1-4H3. The normalized spacial score (nSPS) is 11.7. The molecule has 1 heterocycles. The van der Waals surface area contributed by atoms with Gasteiger partial charge in [0.1, 0.15) is 17.2 Å². The lowest BCUT2D eigenvalue weighted by molar-refractivity contribution is 0.0461. The maximum atomic E-state index is 12.2. The summed E-state index contributed by atoms with van der Waals surface area (Å²) in [5.41, 5.74) is 2.28. The summed E-state index contributed by atoms with van der Waals surface area (Å²) in [7, 11) is -0.672. The van der Waals surface area contributed by atoms with Crippen molar-refractivity contribution in [3.63, 3.8) is 0 Å². The van der Waals surface area contributed by atoms with E-state index in [-0.39, 0.29) is 17.2 Å². The van der Waals surface area contributed by atoms with E-state index in [0.29, 0.717) is 5.92 Å². The molecule has 6 nitrogen and oxygen atoms in total. The molecule has 0 aliphatic rings. The predicted octanol–water partition coefficient (Wildman–Crippen LogP) is 2.41. The number of rotatable bonds is 6. The van der Waals surface area contributed by atoms with Gasteiger partial charge in [-0.05, 0) is 30.2 Å². The zero-order chi connectivity index (χ0) is 17.9. The maximum absolute atomic E-state index is 12.2. The van der Waals surface area contributed by atoms with Crippen molar-refractivity contribution in [1.29, 1.82) is 0 Å². The van der Waals surface area contributed by atoms with Crippen LogP contribution in [-0.2, 0) is 28.4 Å². The van der Waals surface area contributed by atoms with Gasteiger partial charge in [-0.15, -0.1) is 0 Å². The quantitative estimate of drug-likeness (QED) is 0.812. The highest BCUT2D eigenvalue weighted by molar-refractivity contribution is 7.89. The number of aromatic nitrogens is 1. The molecule has 1 N–H and O–H groups in total. The highest BCUT2D eigenvalue weighted by atomic mass is 32.2. The zero-order valence-corrected chi connectivity index (χ0v) is 15.1. The number of esters is 1. The first kappa shape index (κ1) is 18.2. The van der Waals surface area contributed by atoms with Gasteiger partial charge in [0.2, 0.25) is 10.0 Å². The molecule has 0 saturated heterocycles. The van der Waals surface area contributed by atoms with Crippen LogP contribution in [-0.4, -0.2) is 26.0 Å². The fourth-order valence-corrected chi connectivity index (χ4v) is 3.02. The Morgan fingerprint density at radius 3 is 2.42 bits per heavy atom. The van der Waals surface area contributed by atoms with Gasteiger partial charge >= 0.3 is 5.97 Å². The Morgan fingerprint density at radius 2 is 1.88 bits per heavy atom. The number of carbonyl (C=O) groups is 1. The van der Waals surface area contributed by atoms with Crippen LogP contribution in [0.2, 0.25) is 0 Å². The van der Waals surface area contributed by atoms with Crippen LogP contribution >= 0.6 is 0 Å². The van der Waals surface area contributed by atoms with Gasteiger partial charge in [-0.2, -0.15) is 0 Å². The maximum Gasteiger partial charge on any atom is 0.355 e. The third-order valence-electron chi connectivity index (χ3n) is 3.78. The molecule has 130 valence electrons. The molecule has 0 atom stereocenters. The summed E-state index contributed by atoms with van der Waals surface area (Å²) in [6.45, 7) is 4.36. The van der Waals surface area contributed by atoms with E-state index >= 15 is 0 Å². The van der Waals surface area contributed by atoms with Gasteiger partial charge in [0.25, 0.3) is 0 Å². The van der Waals surface area contributed by atoms with E-state index < -0.39 is 16.0 Å². The lowest BCUT2D eigenvalue weighted by Gasteiger charge is -2.08. The Morgan fingerprint density at radius 1 is 1.25 bits per heavy atom. The average Bonchev–Trinajstić information content (AvgIpc) is 2.95. The second kappa shape index (κ2) is 7.19. The van der Waals surface area contributed by atoms with E-state index in [4.69, 9.17) is 4.74 Å². The fourth-order valence-electron chi connectivity index (χ4n) is 2.22. The number of ether oxygens (including phenoxy) is 1. The Balaban J connectivity index is 2.08. The molecule has 2 aromatic rings. The molecule has 7 heteroatoms. The van der Waals surface area contributed by atoms with Gasteiger partial charge in [0.15, 0.2) is 0 Å². The van der Waals surface area contributed by atoms with Crippen LogP contribution in [0.25, 0.3) is 0 Å². The number of nitrogens with zero attached hydrogens (tertiary/aromatic N) is 1. The van der Waals surface area contributed by atoms with Crippen LogP contribution in [0.4, 0.5) is 0 Å². The summed E-state index contributed by atoms with van der Waals surface area (Å²) in [6, 6.07) is 9.16. The van der Waals surface area contributed by atoms with Crippen molar-refractivity contribution < 1.29 is 17.9 Å². The number of hydrogen-bond acceptors (Lipinski definition) is 4. The molecule has 1 aromatic carbocycles. The molecule has 0 aliphatic heterocycles. The number of aryl methyl sites for hydroxylation is 1. The Bertz CT molecular complexity index is 821. The van der Waals surface area contributed by atoms with Crippen LogP contribution in [0.3, 0.4) is 0 Å². The molecule has 1 aromatic heterocycles. The first-order chi connectivity index (χ1) is 11.2.